The zero-order valence-electron chi connectivity index (χ0n) is 15.1. The highest BCUT2D eigenvalue weighted by atomic mass is 16.5. The van der Waals surface area contributed by atoms with Crippen molar-refractivity contribution in [3.05, 3.63) is 47.8 Å². The molecule has 3 aromatic heterocycles. The molecule has 0 atom stereocenters. The third kappa shape index (κ3) is 3.59. The minimum Gasteiger partial charge on any atom is -0.480 e. The van der Waals surface area contributed by atoms with Crippen LogP contribution in [0.5, 0.6) is 5.88 Å². The number of amides is 1. The number of nitriles is 1. The standard InChI is InChI=1S/C18H17N7O2/c1-4-24(2)18(26)14-9-15(13-6-5-12(10-19)11-20-13)25(23-14)16-7-8-17(27-3)22-21-16/h5-9,11H,4H2,1-3H3. The molecular formula is C18H17N7O2. The highest BCUT2D eigenvalue weighted by Crippen LogP contribution is 2.23. The number of hydrogen-bond acceptors (Lipinski definition) is 7. The Bertz CT molecular complexity index is 988. The minimum absolute atomic E-state index is 0.215. The first-order chi connectivity index (χ1) is 13.1. The van der Waals surface area contributed by atoms with Crippen molar-refractivity contribution >= 4 is 5.91 Å². The molecule has 0 radical (unpaired) electrons. The van der Waals surface area contributed by atoms with Crippen molar-refractivity contribution in [2.75, 3.05) is 20.7 Å². The quantitative estimate of drug-likeness (QED) is 0.678. The van der Waals surface area contributed by atoms with E-state index >= 15 is 0 Å². The fourth-order valence-electron chi connectivity index (χ4n) is 2.33. The molecular weight excluding hydrogens is 346 g/mol. The van der Waals surface area contributed by atoms with Gasteiger partial charge in [0.2, 0.25) is 5.88 Å². The lowest BCUT2D eigenvalue weighted by Gasteiger charge is -2.11. The second-order valence-electron chi connectivity index (χ2n) is 5.62. The Hall–Kier alpha value is -3.80. The van der Waals surface area contributed by atoms with Crippen molar-refractivity contribution in [3.8, 4) is 29.2 Å². The summed E-state index contributed by atoms with van der Waals surface area (Å²) in [7, 11) is 3.20. The van der Waals surface area contributed by atoms with E-state index in [1.807, 2.05) is 13.0 Å². The number of ether oxygens (including phenoxy) is 1. The van der Waals surface area contributed by atoms with Crippen molar-refractivity contribution in [1.82, 2.24) is 29.9 Å². The first-order valence-electron chi connectivity index (χ1n) is 8.17. The number of hydrogen-bond donors (Lipinski definition) is 0. The molecule has 0 unspecified atom stereocenters. The molecule has 0 bridgehead atoms. The summed E-state index contributed by atoms with van der Waals surface area (Å²) < 4.78 is 6.53. The van der Waals surface area contributed by atoms with E-state index in [2.05, 4.69) is 20.3 Å². The van der Waals surface area contributed by atoms with Crippen LogP contribution in [0, 0.1) is 11.3 Å². The maximum Gasteiger partial charge on any atom is 0.274 e. The van der Waals surface area contributed by atoms with E-state index in [1.165, 1.54) is 18.0 Å². The highest BCUT2D eigenvalue weighted by molar-refractivity contribution is 5.93. The summed E-state index contributed by atoms with van der Waals surface area (Å²) in [4.78, 5) is 18.4. The summed E-state index contributed by atoms with van der Waals surface area (Å²) >= 11 is 0. The van der Waals surface area contributed by atoms with Gasteiger partial charge in [0, 0.05) is 25.9 Å². The summed E-state index contributed by atoms with van der Waals surface area (Å²) in [5.74, 6) is 0.564. The maximum atomic E-state index is 12.5. The van der Waals surface area contributed by atoms with Crippen molar-refractivity contribution in [2.24, 2.45) is 0 Å². The van der Waals surface area contributed by atoms with Crippen molar-refractivity contribution in [1.29, 1.82) is 5.26 Å². The molecule has 0 aromatic carbocycles. The van der Waals surface area contributed by atoms with Gasteiger partial charge in [-0.2, -0.15) is 10.4 Å². The number of carbonyl (C=O) groups excluding carboxylic acids is 1. The summed E-state index contributed by atoms with van der Waals surface area (Å²) in [6.07, 6.45) is 1.46. The van der Waals surface area contributed by atoms with Crippen molar-refractivity contribution < 1.29 is 9.53 Å². The lowest BCUT2D eigenvalue weighted by atomic mass is 10.2. The lowest BCUT2D eigenvalue weighted by Crippen LogP contribution is -2.26. The van der Waals surface area contributed by atoms with Crippen LogP contribution in [0.2, 0.25) is 0 Å². The lowest BCUT2D eigenvalue weighted by molar-refractivity contribution is 0.0796. The highest BCUT2D eigenvalue weighted by Gasteiger charge is 2.20. The zero-order valence-corrected chi connectivity index (χ0v) is 15.1. The van der Waals surface area contributed by atoms with E-state index in [9.17, 15) is 4.79 Å². The van der Waals surface area contributed by atoms with Gasteiger partial charge in [-0.1, -0.05) is 0 Å². The van der Waals surface area contributed by atoms with Crippen LogP contribution in [-0.4, -0.2) is 56.5 Å². The molecule has 0 aliphatic rings. The van der Waals surface area contributed by atoms with E-state index in [0.29, 0.717) is 35.2 Å². The fraction of sp³-hybridized carbons (Fsp3) is 0.222. The van der Waals surface area contributed by atoms with E-state index in [4.69, 9.17) is 10.00 Å². The SMILES string of the molecule is CCN(C)C(=O)c1cc(-c2ccc(C#N)cn2)n(-c2ccc(OC)nn2)n1. The van der Waals surface area contributed by atoms with Gasteiger partial charge in [-0.15, -0.1) is 10.2 Å². The smallest absolute Gasteiger partial charge is 0.274 e. The molecule has 3 heterocycles. The molecule has 9 heteroatoms. The van der Waals surface area contributed by atoms with Gasteiger partial charge in [0.15, 0.2) is 11.5 Å². The molecule has 0 saturated carbocycles. The van der Waals surface area contributed by atoms with Gasteiger partial charge in [-0.3, -0.25) is 9.78 Å². The third-order valence-corrected chi connectivity index (χ3v) is 3.96. The monoisotopic (exact) mass is 363 g/mol. The van der Waals surface area contributed by atoms with E-state index in [0.717, 1.165) is 0 Å². The molecule has 0 fully saturated rings. The first-order valence-corrected chi connectivity index (χ1v) is 8.17. The number of aromatic nitrogens is 5. The molecule has 3 rings (SSSR count). The molecule has 0 saturated heterocycles. The molecule has 1 amide bonds. The van der Waals surface area contributed by atoms with Crippen LogP contribution < -0.4 is 4.74 Å². The number of methoxy groups -OCH3 is 1. The van der Waals surface area contributed by atoms with Crippen LogP contribution in [-0.2, 0) is 0 Å². The van der Waals surface area contributed by atoms with Gasteiger partial charge in [0.1, 0.15) is 6.07 Å². The zero-order chi connectivity index (χ0) is 19.4. The van der Waals surface area contributed by atoms with Gasteiger partial charge in [0.05, 0.1) is 24.1 Å². The van der Waals surface area contributed by atoms with Crippen LogP contribution in [0.3, 0.4) is 0 Å². The number of pyridine rings is 1. The predicted molar refractivity (Wildman–Crippen MR) is 96.3 cm³/mol. The van der Waals surface area contributed by atoms with Crippen LogP contribution >= 0.6 is 0 Å². The van der Waals surface area contributed by atoms with Gasteiger partial charge in [-0.05, 0) is 31.2 Å². The van der Waals surface area contributed by atoms with Crippen LogP contribution in [0.1, 0.15) is 23.0 Å². The Morgan fingerprint density at radius 3 is 2.67 bits per heavy atom. The largest absolute Gasteiger partial charge is 0.480 e. The molecule has 0 N–H and O–H groups in total. The summed E-state index contributed by atoms with van der Waals surface area (Å²) in [5.41, 5.74) is 1.82. The Labute approximate surface area is 155 Å². The molecule has 136 valence electrons. The number of carbonyl (C=O) groups is 1. The van der Waals surface area contributed by atoms with Gasteiger partial charge in [-0.25, -0.2) is 4.68 Å². The van der Waals surface area contributed by atoms with Gasteiger partial charge in [0.25, 0.3) is 5.91 Å². The normalized spacial score (nSPS) is 10.3. The fourth-order valence-corrected chi connectivity index (χ4v) is 2.33. The Balaban J connectivity index is 2.12. The van der Waals surface area contributed by atoms with Gasteiger partial charge >= 0.3 is 0 Å². The maximum absolute atomic E-state index is 12.5. The molecule has 3 aromatic rings. The average molecular weight is 363 g/mol. The predicted octanol–water partition coefficient (Wildman–Crippen LogP) is 1.70. The Morgan fingerprint density at radius 2 is 2.11 bits per heavy atom. The number of nitrogens with zero attached hydrogens (tertiary/aromatic N) is 7. The molecule has 0 aliphatic heterocycles. The summed E-state index contributed by atoms with van der Waals surface area (Å²) in [5, 5.41) is 21.4. The first kappa shape index (κ1) is 18.0. The van der Waals surface area contributed by atoms with Gasteiger partial charge < -0.3 is 9.64 Å². The van der Waals surface area contributed by atoms with Crippen molar-refractivity contribution in [2.45, 2.75) is 6.92 Å². The molecule has 0 aliphatic carbocycles. The van der Waals surface area contributed by atoms with Crippen LogP contribution in [0.4, 0.5) is 0 Å². The minimum atomic E-state index is -0.215. The van der Waals surface area contributed by atoms with Crippen LogP contribution in [0.25, 0.3) is 17.2 Å². The number of rotatable bonds is 5. The van der Waals surface area contributed by atoms with E-state index in [-0.39, 0.29) is 11.6 Å². The molecule has 27 heavy (non-hydrogen) atoms. The van der Waals surface area contributed by atoms with E-state index in [1.54, 1.807) is 42.3 Å². The summed E-state index contributed by atoms with van der Waals surface area (Å²) in [6, 6.07) is 10.4. The Kier molecular flexibility index (Phi) is 5.08. The van der Waals surface area contributed by atoms with Crippen molar-refractivity contribution in [3.63, 3.8) is 0 Å². The summed E-state index contributed by atoms with van der Waals surface area (Å²) in [6.45, 7) is 2.44. The molecule has 0 spiro atoms. The topological polar surface area (TPSA) is 110 Å². The third-order valence-electron chi connectivity index (χ3n) is 3.96. The second-order valence-corrected chi connectivity index (χ2v) is 5.62. The van der Waals surface area contributed by atoms with Crippen LogP contribution in [0.15, 0.2) is 36.5 Å². The average Bonchev–Trinajstić information content (AvgIpc) is 3.18. The molecule has 9 nitrogen and oxygen atoms in total. The second kappa shape index (κ2) is 7.61. The van der Waals surface area contributed by atoms with E-state index < -0.39 is 0 Å². The Morgan fingerprint density at radius 1 is 1.30 bits per heavy atom.